The molecule has 1 heterocycles. The molecule has 0 bridgehead atoms. The molecule has 0 N–H and O–H groups in total. The lowest BCUT2D eigenvalue weighted by Crippen LogP contribution is -2.29. The standard InChI is InChI=1S/C51H48N2O/c1-9-40-41-19-13-15-21-44(41)50(5,6)46(40)29-33(2)32-53(39-27-28-43-42-20-14-16-22-45(42)51(7,8)47(43)31-39)34(3)30-48-35(4)52-49(54-48)38-25-23-37(24-26-38)36-17-11-10-12-18-36/h9-31,33H,3-4,32H2,1-2,5-8H3/b40-9-,46-29?,48-30+. The Morgan fingerprint density at radius 1 is 0.722 bits per heavy atom. The molecule has 0 fully saturated rings. The van der Waals surface area contributed by atoms with Crippen LogP contribution < -0.4 is 15.7 Å². The molecule has 0 spiro atoms. The largest absolute Gasteiger partial charge is 0.436 e. The van der Waals surface area contributed by atoms with Crippen LogP contribution in [-0.4, -0.2) is 11.5 Å². The summed E-state index contributed by atoms with van der Waals surface area (Å²) >= 11 is 0. The molecule has 0 aliphatic heterocycles. The number of hydrogen-bond acceptors (Lipinski definition) is 3. The van der Waals surface area contributed by atoms with Crippen molar-refractivity contribution in [3.05, 3.63) is 184 Å². The van der Waals surface area contributed by atoms with Crippen LogP contribution in [0.15, 0.2) is 156 Å². The van der Waals surface area contributed by atoms with Crippen LogP contribution in [0.5, 0.6) is 0 Å². The smallest absolute Gasteiger partial charge is 0.227 e. The van der Waals surface area contributed by atoms with Gasteiger partial charge in [0.25, 0.3) is 0 Å². The summed E-state index contributed by atoms with van der Waals surface area (Å²) in [5.74, 6) is 0.738. The lowest BCUT2D eigenvalue weighted by atomic mass is 9.80. The van der Waals surface area contributed by atoms with Crippen LogP contribution in [0.4, 0.5) is 5.69 Å². The van der Waals surface area contributed by atoms with E-state index in [0.29, 0.717) is 16.7 Å². The average Bonchev–Trinajstić information content (AvgIpc) is 3.74. The van der Waals surface area contributed by atoms with Crippen LogP contribution >= 0.6 is 0 Å². The predicted molar refractivity (Wildman–Crippen MR) is 227 cm³/mol. The molecule has 0 radical (unpaired) electrons. The Kier molecular flexibility index (Phi) is 8.77. The summed E-state index contributed by atoms with van der Waals surface area (Å²) in [6, 6.07) is 43.2. The van der Waals surface area contributed by atoms with Crippen LogP contribution in [0.25, 0.3) is 51.9 Å². The highest BCUT2D eigenvalue weighted by Crippen LogP contribution is 2.51. The van der Waals surface area contributed by atoms with Gasteiger partial charge in [-0.25, -0.2) is 4.98 Å². The highest BCUT2D eigenvalue weighted by atomic mass is 16.3. The quantitative estimate of drug-likeness (QED) is 0.158. The Balaban J connectivity index is 1.16. The van der Waals surface area contributed by atoms with E-state index in [9.17, 15) is 0 Å². The van der Waals surface area contributed by atoms with E-state index in [1.807, 2.05) is 12.1 Å². The minimum absolute atomic E-state index is 0.0949. The second kappa shape index (κ2) is 13.5. The van der Waals surface area contributed by atoms with Crippen molar-refractivity contribution in [1.82, 2.24) is 4.98 Å². The summed E-state index contributed by atoms with van der Waals surface area (Å²) in [4.78, 5) is 7.09. The maximum atomic E-state index is 6.42. The van der Waals surface area contributed by atoms with Gasteiger partial charge in [0.15, 0.2) is 5.42 Å². The molecule has 0 saturated carbocycles. The Morgan fingerprint density at radius 3 is 2.02 bits per heavy atom. The molecule has 0 saturated heterocycles. The third-order valence-electron chi connectivity index (χ3n) is 11.6. The van der Waals surface area contributed by atoms with Gasteiger partial charge in [-0.2, -0.15) is 0 Å². The molecule has 268 valence electrons. The second-order valence-electron chi connectivity index (χ2n) is 15.9. The molecule has 2 aliphatic carbocycles. The van der Waals surface area contributed by atoms with Crippen LogP contribution in [0.3, 0.4) is 0 Å². The number of rotatable bonds is 8. The van der Waals surface area contributed by atoms with Crippen LogP contribution in [0.1, 0.15) is 63.8 Å². The van der Waals surface area contributed by atoms with Crippen LogP contribution in [0, 0.1) is 5.92 Å². The van der Waals surface area contributed by atoms with Crippen molar-refractivity contribution in [1.29, 1.82) is 0 Å². The van der Waals surface area contributed by atoms with E-state index >= 15 is 0 Å². The average molecular weight is 705 g/mol. The number of fused-ring (bicyclic) bond motifs is 4. The van der Waals surface area contributed by atoms with E-state index < -0.39 is 0 Å². The van der Waals surface area contributed by atoms with E-state index in [1.54, 1.807) is 0 Å². The normalized spacial score (nSPS) is 17.3. The fourth-order valence-corrected chi connectivity index (χ4v) is 8.64. The number of oxazole rings is 1. The van der Waals surface area contributed by atoms with Gasteiger partial charge in [-0.3, -0.25) is 0 Å². The van der Waals surface area contributed by atoms with Gasteiger partial charge in [-0.05, 0) is 92.8 Å². The predicted octanol–water partition coefficient (Wildman–Crippen LogP) is 11.5. The summed E-state index contributed by atoms with van der Waals surface area (Å²) in [7, 11) is 0. The van der Waals surface area contributed by atoms with Crippen LogP contribution in [0.2, 0.25) is 0 Å². The van der Waals surface area contributed by atoms with Gasteiger partial charge in [-0.1, -0.05) is 157 Å². The number of hydrogen-bond donors (Lipinski definition) is 0. The van der Waals surface area contributed by atoms with Gasteiger partial charge in [0, 0.05) is 40.4 Å². The first-order chi connectivity index (χ1) is 26.0. The molecule has 2 aliphatic rings. The minimum atomic E-state index is -0.122. The van der Waals surface area contributed by atoms with Crippen molar-refractivity contribution in [2.45, 2.75) is 52.4 Å². The molecular weight excluding hydrogens is 657 g/mol. The molecule has 3 heteroatoms. The molecule has 1 atom stereocenters. The topological polar surface area (TPSA) is 29.3 Å². The van der Waals surface area contributed by atoms with Crippen LogP contribution in [-0.2, 0) is 10.8 Å². The Morgan fingerprint density at radius 2 is 1.31 bits per heavy atom. The van der Waals surface area contributed by atoms with E-state index in [-0.39, 0.29) is 16.7 Å². The zero-order chi connectivity index (χ0) is 37.8. The fraction of sp³-hybridized carbons (Fsp3) is 0.196. The SMILES string of the molecule is C=C(/C=c1/oc(-c2ccc(-c3ccccc3)cc2)nc1=C)N(CC(C)C=C1/C(=C\C)c2ccccc2C1(C)C)c1ccc2c(c1)C(C)(C)c1ccccc1-2. The van der Waals surface area contributed by atoms with Crippen molar-refractivity contribution in [3.8, 4) is 33.7 Å². The van der Waals surface area contributed by atoms with E-state index in [2.05, 4.69) is 187 Å². The summed E-state index contributed by atoms with van der Waals surface area (Å²) in [6.07, 6.45) is 6.74. The molecular formula is C51H48N2O. The Hall–Kier alpha value is -5.93. The molecule has 3 nitrogen and oxygen atoms in total. The van der Waals surface area contributed by atoms with Crippen molar-refractivity contribution in [3.63, 3.8) is 0 Å². The number of benzene rings is 5. The minimum Gasteiger partial charge on any atom is -0.436 e. The molecule has 1 aromatic heterocycles. The summed E-state index contributed by atoms with van der Waals surface area (Å²) in [6.45, 7) is 23.5. The molecule has 8 rings (SSSR count). The molecule has 6 aromatic rings. The third-order valence-corrected chi connectivity index (χ3v) is 11.6. The Bertz CT molecular complexity index is 2580. The number of nitrogens with zero attached hydrogens (tertiary/aromatic N) is 2. The van der Waals surface area contributed by atoms with Crippen molar-refractivity contribution < 1.29 is 4.42 Å². The zero-order valence-electron chi connectivity index (χ0n) is 32.3. The van der Waals surface area contributed by atoms with E-state index in [1.165, 1.54) is 50.1 Å². The molecule has 1 unspecified atom stereocenters. The lowest BCUT2D eigenvalue weighted by molar-refractivity contribution is 0.540. The highest BCUT2D eigenvalue weighted by molar-refractivity contribution is 5.89. The monoisotopic (exact) mass is 704 g/mol. The Labute approximate surface area is 320 Å². The van der Waals surface area contributed by atoms with Gasteiger partial charge in [-0.15, -0.1) is 0 Å². The van der Waals surface area contributed by atoms with E-state index in [0.717, 1.165) is 29.1 Å². The first kappa shape index (κ1) is 35.1. The molecule has 0 amide bonds. The zero-order valence-corrected chi connectivity index (χ0v) is 32.3. The maximum absolute atomic E-state index is 6.42. The van der Waals surface area contributed by atoms with Crippen molar-refractivity contribution in [2.24, 2.45) is 5.92 Å². The summed E-state index contributed by atoms with van der Waals surface area (Å²) in [5, 5.41) is 0.585. The number of aromatic nitrogens is 1. The van der Waals surface area contributed by atoms with Gasteiger partial charge in [0.2, 0.25) is 5.89 Å². The van der Waals surface area contributed by atoms with E-state index in [4.69, 9.17) is 9.40 Å². The lowest BCUT2D eigenvalue weighted by Gasteiger charge is -2.30. The fourth-order valence-electron chi connectivity index (χ4n) is 8.64. The maximum Gasteiger partial charge on any atom is 0.227 e. The third kappa shape index (κ3) is 5.98. The number of allylic oxidation sites excluding steroid dienone is 4. The van der Waals surface area contributed by atoms with Crippen molar-refractivity contribution >= 4 is 23.9 Å². The second-order valence-corrected chi connectivity index (χ2v) is 15.9. The first-order valence-corrected chi connectivity index (χ1v) is 19.0. The van der Waals surface area contributed by atoms with Gasteiger partial charge >= 0.3 is 0 Å². The van der Waals surface area contributed by atoms with Gasteiger partial charge in [0.05, 0.1) is 0 Å². The summed E-state index contributed by atoms with van der Waals surface area (Å²) < 4.78 is 6.42. The first-order valence-electron chi connectivity index (χ1n) is 19.0. The summed E-state index contributed by atoms with van der Waals surface area (Å²) in [5.41, 5.74) is 16.2. The van der Waals surface area contributed by atoms with Gasteiger partial charge in [0.1, 0.15) is 5.35 Å². The highest BCUT2D eigenvalue weighted by Gasteiger charge is 2.38. The molecule has 54 heavy (non-hydrogen) atoms. The molecule has 5 aromatic carbocycles. The number of anilines is 1. The van der Waals surface area contributed by atoms with Gasteiger partial charge < -0.3 is 9.32 Å². The van der Waals surface area contributed by atoms with Crippen molar-refractivity contribution in [2.75, 3.05) is 11.4 Å².